The number of hydrogen-bond donors (Lipinski definition) is 2. The zero-order valence-corrected chi connectivity index (χ0v) is 16.7. The summed E-state index contributed by atoms with van der Waals surface area (Å²) < 4.78 is 1.68. The minimum absolute atomic E-state index is 0.0177. The van der Waals surface area contributed by atoms with Crippen LogP contribution in [-0.2, 0) is 11.3 Å². The molecule has 28 heavy (non-hydrogen) atoms. The lowest BCUT2D eigenvalue weighted by Gasteiger charge is -2.54. The van der Waals surface area contributed by atoms with E-state index in [9.17, 15) is 9.59 Å². The summed E-state index contributed by atoms with van der Waals surface area (Å²) in [5.41, 5.74) is 1.40. The highest BCUT2D eigenvalue weighted by Crippen LogP contribution is 2.53. The zero-order valence-electron chi connectivity index (χ0n) is 16.7. The molecule has 0 atom stereocenters. The van der Waals surface area contributed by atoms with Crippen LogP contribution in [0.3, 0.4) is 0 Å². The third-order valence-corrected chi connectivity index (χ3v) is 7.63. The average Bonchev–Trinajstić information content (AvgIpc) is 3.05. The lowest BCUT2D eigenvalue weighted by molar-refractivity contribution is -0.132. The molecule has 7 heteroatoms. The summed E-state index contributed by atoms with van der Waals surface area (Å²) in [5.74, 6) is 3.17. The fourth-order valence-corrected chi connectivity index (χ4v) is 6.36. The van der Waals surface area contributed by atoms with Crippen molar-refractivity contribution in [3.8, 4) is 0 Å². The van der Waals surface area contributed by atoms with E-state index >= 15 is 0 Å². The molecule has 1 aliphatic heterocycles. The number of hydrogen-bond acceptors (Lipinski definition) is 4. The van der Waals surface area contributed by atoms with Gasteiger partial charge in [-0.05, 0) is 62.7 Å². The van der Waals surface area contributed by atoms with Crippen LogP contribution >= 0.6 is 0 Å². The molecule has 1 aromatic heterocycles. The molecule has 0 unspecified atom stereocenters. The molecule has 6 rings (SSSR count). The summed E-state index contributed by atoms with van der Waals surface area (Å²) in [5, 5.41) is 11.0. The van der Waals surface area contributed by atoms with Crippen LogP contribution in [0, 0.1) is 30.6 Å². The number of nitrogens with one attached hydrogen (secondary N) is 2. The van der Waals surface area contributed by atoms with Crippen molar-refractivity contribution < 1.29 is 9.59 Å². The van der Waals surface area contributed by atoms with Gasteiger partial charge in [0.05, 0.1) is 11.8 Å². The Morgan fingerprint density at radius 3 is 2.39 bits per heavy atom. The minimum Gasteiger partial charge on any atom is -0.349 e. The van der Waals surface area contributed by atoms with Gasteiger partial charge in [0.25, 0.3) is 5.91 Å². The summed E-state index contributed by atoms with van der Waals surface area (Å²) in [4.78, 5) is 27.4. The first-order valence-corrected chi connectivity index (χ1v) is 10.9. The van der Waals surface area contributed by atoms with Gasteiger partial charge in [0.15, 0.2) is 0 Å². The van der Waals surface area contributed by atoms with Crippen molar-refractivity contribution in [3.05, 3.63) is 17.5 Å². The molecular weight excluding hydrogens is 354 g/mol. The Balaban J connectivity index is 1.24. The predicted octanol–water partition coefficient (Wildman–Crippen LogP) is 1.18. The van der Waals surface area contributed by atoms with Crippen LogP contribution in [0.15, 0.2) is 6.20 Å². The van der Waals surface area contributed by atoms with E-state index in [-0.39, 0.29) is 18.4 Å². The Kier molecular flexibility index (Phi) is 4.65. The molecule has 4 aliphatic carbocycles. The Hall–Kier alpha value is -1.89. The fourth-order valence-electron chi connectivity index (χ4n) is 6.36. The molecule has 5 aliphatic rings. The van der Waals surface area contributed by atoms with E-state index in [1.807, 2.05) is 11.8 Å². The Bertz CT molecular complexity index is 739. The zero-order chi connectivity index (χ0) is 19.3. The highest BCUT2D eigenvalue weighted by Gasteiger charge is 2.48. The SMILES string of the molecule is Cc1c(C(=O)NC2C3CC4CC(C3)CC2C4)cnn1CC(=O)N1CCNCC1. The molecule has 0 spiro atoms. The fraction of sp³-hybridized carbons (Fsp3) is 0.762. The van der Waals surface area contributed by atoms with Gasteiger partial charge in [-0.15, -0.1) is 0 Å². The first-order chi connectivity index (χ1) is 13.6. The molecule has 5 fully saturated rings. The quantitative estimate of drug-likeness (QED) is 0.816. The number of rotatable bonds is 4. The van der Waals surface area contributed by atoms with E-state index in [2.05, 4.69) is 15.7 Å². The maximum atomic E-state index is 13.0. The van der Waals surface area contributed by atoms with Crippen molar-refractivity contribution in [2.45, 2.75) is 51.6 Å². The van der Waals surface area contributed by atoms with Crippen molar-refractivity contribution in [2.24, 2.45) is 23.7 Å². The molecular formula is C21H31N5O2. The summed E-state index contributed by atoms with van der Waals surface area (Å²) in [6.45, 7) is 5.24. The normalized spacial score (nSPS) is 33.9. The molecule has 7 nitrogen and oxygen atoms in total. The number of nitrogens with zero attached hydrogens (tertiary/aromatic N) is 3. The maximum absolute atomic E-state index is 13.0. The van der Waals surface area contributed by atoms with Crippen LogP contribution in [0.1, 0.15) is 48.2 Å². The van der Waals surface area contributed by atoms with E-state index in [1.165, 1.54) is 32.1 Å². The molecule has 152 valence electrons. The van der Waals surface area contributed by atoms with Crippen molar-refractivity contribution in [2.75, 3.05) is 26.2 Å². The largest absolute Gasteiger partial charge is 0.349 e. The molecule has 2 amide bonds. The molecule has 4 bridgehead atoms. The lowest BCUT2D eigenvalue weighted by atomic mass is 9.54. The minimum atomic E-state index is -0.0177. The Morgan fingerprint density at radius 1 is 1.11 bits per heavy atom. The summed E-state index contributed by atoms with van der Waals surface area (Å²) in [6, 6.07) is 0.325. The second-order valence-electron chi connectivity index (χ2n) is 9.36. The second-order valence-corrected chi connectivity index (χ2v) is 9.36. The molecule has 2 heterocycles. The lowest BCUT2D eigenvalue weighted by Crippen LogP contribution is -2.55. The van der Waals surface area contributed by atoms with Crippen molar-refractivity contribution in [3.63, 3.8) is 0 Å². The summed E-state index contributed by atoms with van der Waals surface area (Å²) in [7, 11) is 0. The monoisotopic (exact) mass is 385 g/mol. The van der Waals surface area contributed by atoms with Crippen molar-refractivity contribution in [1.82, 2.24) is 25.3 Å². The average molecular weight is 386 g/mol. The van der Waals surface area contributed by atoms with E-state index in [4.69, 9.17) is 0 Å². The topological polar surface area (TPSA) is 79.3 Å². The van der Waals surface area contributed by atoms with E-state index in [0.717, 1.165) is 43.7 Å². The summed E-state index contributed by atoms with van der Waals surface area (Å²) in [6.07, 6.45) is 8.20. The summed E-state index contributed by atoms with van der Waals surface area (Å²) >= 11 is 0. The highest BCUT2D eigenvalue weighted by molar-refractivity contribution is 5.95. The van der Waals surface area contributed by atoms with Gasteiger partial charge < -0.3 is 15.5 Å². The molecule has 4 saturated carbocycles. The first kappa shape index (κ1) is 18.2. The van der Waals surface area contributed by atoms with Gasteiger partial charge >= 0.3 is 0 Å². The van der Waals surface area contributed by atoms with Gasteiger partial charge in [-0.3, -0.25) is 14.3 Å². The third-order valence-electron chi connectivity index (χ3n) is 7.63. The van der Waals surface area contributed by atoms with Gasteiger partial charge in [0.1, 0.15) is 6.54 Å². The Morgan fingerprint density at radius 2 is 1.75 bits per heavy atom. The first-order valence-electron chi connectivity index (χ1n) is 10.9. The second kappa shape index (κ2) is 7.17. The molecule has 1 saturated heterocycles. The van der Waals surface area contributed by atoms with E-state index < -0.39 is 0 Å². The van der Waals surface area contributed by atoms with E-state index in [1.54, 1.807) is 10.9 Å². The number of carbonyl (C=O) groups is 2. The number of carbonyl (C=O) groups excluding carboxylic acids is 2. The smallest absolute Gasteiger partial charge is 0.254 e. The van der Waals surface area contributed by atoms with Crippen molar-refractivity contribution >= 4 is 11.8 Å². The van der Waals surface area contributed by atoms with Gasteiger partial charge in [0.2, 0.25) is 5.91 Å². The van der Waals surface area contributed by atoms with Crippen LogP contribution in [0.5, 0.6) is 0 Å². The Labute approximate surface area is 166 Å². The van der Waals surface area contributed by atoms with Gasteiger partial charge in [-0.2, -0.15) is 5.10 Å². The number of amides is 2. The third kappa shape index (κ3) is 3.23. The molecule has 0 aromatic carbocycles. The van der Waals surface area contributed by atoms with Crippen LogP contribution in [0.4, 0.5) is 0 Å². The number of aromatic nitrogens is 2. The van der Waals surface area contributed by atoms with Gasteiger partial charge in [0, 0.05) is 37.9 Å². The van der Waals surface area contributed by atoms with Crippen LogP contribution in [-0.4, -0.2) is 58.7 Å². The number of piperazine rings is 1. The van der Waals surface area contributed by atoms with Gasteiger partial charge in [-0.25, -0.2) is 0 Å². The van der Waals surface area contributed by atoms with Crippen LogP contribution in [0.25, 0.3) is 0 Å². The standard InChI is InChI=1S/C21H31N5O2/c1-13-18(11-23-26(13)12-19(27)25-4-2-22-3-5-25)21(28)24-20-16-7-14-6-15(9-16)10-17(20)8-14/h11,14-17,20,22H,2-10,12H2,1H3,(H,24,28). The molecule has 0 radical (unpaired) electrons. The van der Waals surface area contributed by atoms with E-state index in [0.29, 0.717) is 23.4 Å². The maximum Gasteiger partial charge on any atom is 0.254 e. The van der Waals surface area contributed by atoms with Crippen LogP contribution < -0.4 is 10.6 Å². The molecule has 2 N–H and O–H groups in total. The molecule has 1 aromatic rings. The predicted molar refractivity (Wildman–Crippen MR) is 105 cm³/mol. The van der Waals surface area contributed by atoms with Crippen LogP contribution in [0.2, 0.25) is 0 Å². The van der Waals surface area contributed by atoms with Gasteiger partial charge in [-0.1, -0.05) is 0 Å². The van der Waals surface area contributed by atoms with Crippen molar-refractivity contribution in [1.29, 1.82) is 0 Å². The highest BCUT2D eigenvalue weighted by atomic mass is 16.2.